The van der Waals surface area contributed by atoms with Gasteiger partial charge in [0.25, 0.3) is 5.91 Å². The molecule has 2 N–H and O–H groups in total. The van der Waals surface area contributed by atoms with Crippen molar-refractivity contribution in [2.75, 3.05) is 64.9 Å². The van der Waals surface area contributed by atoms with E-state index in [9.17, 15) is 23.1 Å². The van der Waals surface area contributed by atoms with Gasteiger partial charge >= 0.3 is 0 Å². The highest BCUT2D eigenvalue weighted by atomic mass is 32.2. The van der Waals surface area contributed by atoms with Gasteiger partial charge in [0, 0.05) is 51.3 Å². The summed E-state index contributed by atoms with van der Waals surface area (Å²) in [5.41, 5.74) is 1.65. The second-order valence-corrected chi connectivity index (χ2v) is 13.2. The lowest BCUT2D eigenvalue weighted by atomic mass is 9.99. The van der Waals surface area contributed by atoms with Crippen LogP contribution in [0.5, 0.6) is 5.75 Å². The van der Waals surface area contributed by atoms with Gasteiger partial charge in [0.2, 0.25) is 15.9 Å². The maximum Gasteiger partial charge on any atom is 0.258 e. The van der Waals surface area contributed by atoms with Gasteiger partial charge in [-0.15, -0.1) is 0 Å². The van der Waals surface area contributed by atoms with Gasteiger partial charge in [-0.05, 0) is 44.2 Å². The summed E-state index contributed by atoms with van der Waals surface area (Å²) in [5.74, 6) is -0.469. The zero-order valence-corrected chi connectivity index (χ0v) is 25.6. The lowest BCUT2D eigenvalue weighted by molar-refractivity contribution is -0.116. The molecule has 0 aliphatic carbocycles. The number of hydrogen-bond acceptors (Lipinski definition) is 8. The Morgan fingerprint density at radius 1 is 1.17 bits per heavy atom. The van der Waals surface area contributed by atoms with E-state index in [1.807, 2.05) is 13.8 Å². The summed E-state index contributed by atoms with van der Waals surface area (Å²) in [6, 6.07) is 11.1. The number of nitrogens with zero attached hydrogens (tertiary/aromatic N) is 3. The largest absolute Gasteiger partial charge is 0.488 e. The molecule has 11 nitrogen and oxygen atoms in total. The highest BCUT2D eigenvalue weighted by molar-refractivity contribution is 7.89. The molecule has 2 aromatic rings. The normalized spacial score (nSPS) is 20.8. The van der Waals surface area contributed by atoms with Gasteiger partial charge in [0.05, 0.1) is 42.9 Å². The fraction of sp³-hybridized carbons (Fsp3) is 0.533. The number of morpholine rings is 1. The minimum absolute atomic E-state index is 0.0480. The van der Waals surface area contributed by atoms with E-state index < -0.39 is 22.2 Å². The Morgan fingerprint density at radius 3 is 2.52 bits per heavy atom. The highest BCUT2D eigenvalue weighted by Crippen LogP contribution is 2.31. The number of sulfonamides is 1. The number of fused-ring (bicyclic) bond motifs is 1. The number of aliphatic hydroxyl groups is 1. The third kappa shape index (κ3) is 7.67. The SMILES string of the molecule is Cc1ccc(S(=O)(=O)N(C)C[C@H]2Oc3ccc(NC(=O)CCN4CCOCC4)cc3C(=O)N([C@@H](C)CO)C[C@@H]2C)cc1. The lowest BCUT2D eigenvalue weighted by Crippen LogP contribution is -2.50. The molecule has 0 unspecified atom stereocenters. The second kappa shape index (κ2) is 14.0. The number of rotatable bonds is 10. The first-order valence-corrected chi connectivity index (χ1v) is 15.8. The molecule has 0 spiro atoms. The molecule has 1 fully saturated rings. The topological polar surface area (TPSA) is 129 Å². The number of likely N-dealkylation sites (N-methyl/N-ethyl adjacent to an activating group) is 1. The predicted octanol–water partition coefficient (Wildman–Crippen LogP) is 2.20. The molecule has 2 amide bonds. The third-order valence-electron chi connectivity index (χ3n) is 7.87. The van der Waals surface area contributed by atoms with Crippen LogP contribution < -0.4 is 10.1 Å². The number of hydrogen-bond donors (Lipinski definition) is 2. The van der Waals surface area contributed by atoms with Crippen LogP contribution >= 0.6 is 0 Å². The monoisotopic (exact) mass is 602 g/mol. The zero-order valence-electron chi connectivity index (χ0n) is 24.8. The van der Waals surface area contributed by atoms with E-state index in [-0.39, 0.29) is 47.9 Å². The molecular formula is C30H42N4O7S. The van der Waals surface area contributed by atoms with Crippen molar-refractivity contribution in [3.63, 3.8) is 0 Å². The molecule has 2 aromatic carbocycles. The van der Waals surface area contributed by atoms with Crippen molar-refractivity contribution in [2.45, 2.75) is 44.2 Å². The maximum absolute atomic E-state index is 13.7. The fourth-order valence-corrected chi connectivity index (χ4v) is 6.25. The summed E-state index contributed by atoms with van der Waals surface area (Å²) in [4.78, 5) is 30.3. The Labute approximate surface area is 248 Å². The van der Waals surface area contributed by atoms with Crippen molar-refractivity contribution >= 4 is 27.5 Å². The quantitative estimate of drug-likeness (QED) is 0.424. The molecule has 4 rings (SSSR count). The first-order chi connectivity index (χ1) is 20.0. The second-order valence-electron chi connectivity index (χ2n) is 11.2. The van der Waals surface area contributed by atoms with Gasteiger partial charge < -0.3 is 24.8 Å². The highest BCUT2D eigenvalue weighted by Gasteiger charge is 2.35. The zero-order chi connectivity index (χ0) is 30.4. The first-order valence-electron chi connectivity index (χ1n) is 14.3. The number of nitrogens with one attached hydrogen (secondary N) is 1. The third-order valence-corrected chi connectivity index (χ3v) is 9.71. The van der Waals surface area contributed by atoms with Crippen LogP contribution in [0.1, 0.15) is 36.2 Å². The molecule has 2 heterocycles. The number of carbonyl (C=O) groups is 2. The summed E-state index contributed by atoms with van der Waals surface area (Å²) in [6.07, 6.45) is -0.291. The lowest BCUT2D eigenvalue weighted by Gasteiger charge is -2.38. The number of aryl methyl sites for hydroxylation is 1. The van der Waals surface area contributed by atoms with E-state index >= 15 is 0 Å². The molecule has 3 atom stereocenters. The molecule has 0 saturated carbocycles. The molecule has 12 heteroatoms. The number of aliphatic hydroxyl groups excluding tert-OH is 1. The van der Waals surface area contributed by atoms with E-state index in [0.717, 1.165) is 18.7 Å². The van der Waals surface area contributed by atoms with Crippen molar-refractivity contribution in [1.29, 1.82) is 0 Å². The fourth-order valence-electron chi connectivity index (χ4n) is 5.07. The van der Waals surface area contributed by atoms with Crippen LogP contribution in [0, 0.1) is 12.8 Å². The number of amides is 2. The van der Waals surface area contributed by atoms with Crippen LogP contribution in [0.3, 0.4) is 0 Å². The minimum atomic E-state index is -3.78. The molecule has 230 valence electrons. The average molecular weight is 603 g/mol. The molecule has 2 aliphatic rings. The summed E-state index contributed by atoms with van der Waals surface area (Å²) in [5, 5.41) is 12.8. The molecule has 0 radical (unpaired) electrons. The van der Waals surface area contributed by atoms with Crippen molar-refractivity contribution in [3.8, 4) is 5.75 Å². The summed E-state index contributed by atoms with van der Waals surface area (Å²) in [6.45, 7) is 9.12. The van der Waals surface area contributed by atoms with Crippen LogP contribution in [-0.2, 0) is 19.6 Å². The van der Waals surface area contributed by atoms with Crippen LogP contribution in [0.25, 0.3) is 0 Å². The Kier molecular flexibility index (Phi) is 10.6. The Hall–Kier alpha value is -3.03. The average Bonchev–Trinajstić information content (AvgIpc) is 2.98. The van der Waals surface area contributed by atoms with Gasteiger partial charge in [0.1, 0.15) is 11.9 Å². The first kappa shape index (κ1) is 31.9. The summed E-state index contributed by atoms with van der Waals surface area (Å²) >= 11 is 0. The predicted molar refractivity (Wildman–Crippen MR) is 159 cm³/mol. The van der Waals surface area contributed by atoms with E-state index in [0.29, 0.717) is 37.6 Å². The Morgan fingerprint density at radius 2 is 1.86 bits per heavy atom. The molecular weight excluding hydrogens is 560 g/mol. The van der Waals surface area contributed by atoms with E-state index in [4.69, 9.17) is 9.47 Å². The van der Waals surface area contributed by atoms with Gasteiger partial charge in [-0.1, -0.05) is 24.6 Å². The molecule has 42 heavy (non-hydrogen) atoms. The molecule has 2 aliphatic heterocycles. The van der Waals surface area contributed by atoms with E-state index in [1.165, 1.54) is 11.4 Å². The molecule has 1 saturated heterocycles. The number of benzene rings is 2. The molecule has 0 aromatic heterocycles. The smallest absolute Gasteiger partial charge is 0.258 e. The Bertz CT molecular complexity index is 1350. The molecule has 0 bridgehead atoms. The van der Waals surface area contributed by atoms with E-state index in [2.05, 4.69) is 10.2 Å². The standard InChI is InChI=1S/C30H42N4O7S/c1-21-5-8-25(9-6-21)42(38,39)32(4)19-28-22(2)18-34(23(3)20-35)30(37)26-17-24(7-10-27(26)41-28)31-29(36)11-12-33-13-15-40-16-14-33/h5-10,17,22-23,28,35H,11-16,18-20H2,1-4H3,(H,31,36)/t22-,23-,28+/m0/s1. The van der Waals surface area contributed by atoms with Gasteiger partial charge in [-0.3, -0.25) is 14.5 Å². The van der Waals surface area contributed by atoms with Crippen LogP contribution in [0.2, 0.25) is 0 Å². The van der Waals surface area contributed by atoms with Crippen LogP contribution in [-0.4, -0.2) is 111 Å². The van der Waals surface area contributed by atoms with Crippen molar-refractivity contribution < 1.29 is 32.6 Å². The van der Waals surface area contributed by atoms with Crippen LogP contribution in [0.15, 0.2) is 47.4 Å². The minimum Gasteiger partial charge on any atom is -0.488 e. The van der Waals surface area contributed by atoms with Gasteiger partial charge in [-0.25, -0.2) is 8.42 Å². The van der Waals surface area contributed by atoms with Crippen LogP contribution in [0.4, 0.5) is 5.69 Å². The van der Waals surface area contributed by atoms with Crippen molar-refractivity contribution in [3.05, 3.63) is 53.6 Å². The van der Waals surface area contributed by atoms with Crippen molar-refractivity contribution in [2.24, 2.45) is 5.92 Å². The number of anilines is 1. The number of carbonyl (C=O) groups excluding carboxylic acids is 2. The van der Waals surface area contributed by atoms with E-state index in [1.54, 1.807) is 54.3 Å². The summed E-state index contributed by atoms with van der Waals surface area (Å²) in [7, 11) is -2.27. The number of ether oxygens (including phenoxy) is 2. The van der Waals surface area contributed by atoms with Gasteiger partial charge in [-0.2, -0.15) is 4.31 Å². The van der Waals surface area contributed by atoms with Gasteiger partial charge in [0.15, 0.2) is 0 Å². The maximum atomic E-state index is 13.7. The Balaban J connectivity index is 1.55. The summed E-state index contributed by atoms with van der Waals surface area (Å²) < 4.78 is 39.6. The van der Waals surface area contributed by atoms with Crippen molar-refractivity contribution in [1.82, 2.24) is 14.1 Å².